The summed E-state index contributed by atoms with van der Waals surface area (Å²) in [5, 5.41) is 19.7. The molecule has 8 nitrogen and oxygen atoms in total. The van der Waals surface area contributed by atoms with Crippen LogP contribution in [0.1, 0.15) is 12.8 Å². The maximum Gasteiger partial charge on any atom is 0.328 e. The Morgan fingerprint density at radius 3 is 2.26 bits per heavy atom. The van der Waals surface area contributed by atoms with Crippen LogP contribution in [0.3, 0.4) is 0 Å². The Morgan fingerprint density at radius 2 is 1.89 bits per heavy atom. The first kappa shape index (κ1) is 15.9. The predicted octanol–water partition coefficient (Wildman–Crippen LogP) is -1.78. The molecule has 0 radical (unpaired) electrons. The van der Waals surface area contributed by atoms with E-state index in [9.17, 15) is 18.0 Å². The minimum atomic E-state index is -3.25. The molecule has 3 N–H and O–H groups in total. The second kappa shape index (κ2) is 6.31. The smallest absolute Gasteiger partial charge is 0.328 e. The number of piperidine rings is 1. The van der Waals surface area contributed by atoms with Crippen LogP contribution in [-0.2, 0) is 19.6 Å². The van der Waals surface area contributed by atoms with Crippen molar-refractivity contribution in [3.63, 3.8) is 0 Å². The number of carbonyl (C=O) groups excluding carboxylic acids is 1. The molecule has 1 fully saturated rings. The van der Waals surface area contributed by atoms with Gasteiger partial charge in [0, 0.05) is 19.0 Å². The van der Waals surface area contributed by atoms with Crippen molar-refractivity contribution >= 4 is 21.9 Å². The first-order valence-electron chi connectivity index (χ1n) is 5.85. The summed E-state index contributed by atoms with van der Waals surface area (Å²) >= 11 is 0. The maximum absolute atomic E-state index is 11.8. The highest BCUT2D eigenvalue weighted by molar-refractivity contribution is 7.88. The normalized spacial score (nSPS) is 19.9. The molecule has 9 heteroatoms. The van der Waals surface area contributed by atoms with Gasteiger partial charge in [0.25, 0.3) is 0 Å². The summed E-state index contributed by atoms with van der Waals surface area (Å²) in [7, 11) is -3.25. The quantitative estimate of drug-likeness (QED) is 0.550. The Balaban J connectivity index is 2.51. The van der Waals surface area contributed by atoms with Gasteiger partial charge in [-0.1, -0.05) is 0 Å². The summed E-state index contributed by atoms with van der Waals surface area (Å²) in [6.07, 6.45) is 1.80. The van der Waals surface area contributed by atoms with Gasteiger partial charge in [-0.05, 0) is 12.8 Å². The zero-order valence-corrected chi connectivity index (χ0v) is 11.4. The zero-order chi connectivity index (χ0) is 14.6. The van der Waals surface area contributed by atoms with Crippen molar-refractivity contribution in [2.45, 2.75) is 18.9 Å². The van der Waals surface area contributed by atoms with Crippen molar-refractivity contribution in [2.75, 3.05) is 26.0 Å². The molecule has 1 rings (SSSR count). The number of carboxylic acid groups (broad SMARTS) is 1. The van der Waals surface area contributed by atoms with Crippen LogP contribution in [0.4, 0.5) is 0 Å². The lowest BCUT2D eigenvalue weighted by Gasteiger charge is -2.29. The number of aliphatic hydroxyl groups is 1. The standard InChI is InChI=1S/C10H18N2O6S/c1-19(17,18)12-4-2-7(3-5-12)9(14)11-8(6-13)10(15)16/h7-8,13H,2-6H2,1H3,(H,11,14)(H,15,16). The van der Waals surface area contributed by atoms with Gasteiger partial charge in [0.2, 0.25) is 15.9 Å². The van der Waals surface area contributed by atoms with E-state index in [0.717, 1.165) is 6.26 Å². The molecule has 1 aliphatic heterocycles. The van der Waals surface area contributed by atoms with E-state index < -0.39 is 40.5 Å². The van der Waals surface area contributed by atoms with Crippen molar-refractivity contribution in [2.24, 2.45) is 5.92 Å². The van der Waals surface area contributed by atoms with Crippen LogP contribution >= 0.6 is 0 Å². The van der Waals surface area contributed by atoms with Crippen LogP contribution in [0.2, 0.25) is 0 Å². The molecular weight excluding hydrogens is 276 g/mol. The van der Waals surface area contributed by atoms with Crippen LogP contribution in [-0.4, -0.2) is 66.8 Å². The van der Waals surface area contributed by atoms with Crippen LogP contribution < -0.4 is 5.32 Å². The number of amides is 1. The van der Waals surface area contributed by atoms with Gasteiger partial charge in [0.15, 0.2) is 0 Å². The van der Waals surface area contributed by atoms with Crippen molar-refractivity contribution in [3.8, 4) is 0 Å². The highest BCUT2D eigenvalue weighted by atomic mass is 32.2. The Labute approximate surface area is 111 Å². The number of aliphatic hydroxyl groups excluding tert-OH is 1. The topological polar surface area (TPSA) is 124 Å². The number of hydrogen-bond donors (Lipinski definition) is 3. The maximum atomic E-state index is 11.8. The van der Waals surface area contributed by atoms with Crippen molar-refractivity contribution in [3.05, 3.63) is 0 Å². The van der Waals surface area contributed by atoms with Crippen LogP contribution in [0.15, 0.2) is 0 Å². The molecule has 0 saturated carbocycles. The number of hydrogen-bond acceptors (Lipinski definition) is 5. The van der Waals surface area contributed by atoms with Crippen LogP contribution in [0.25, 0.3) is 0 Å². The van der Waals surface area contributed by atoms with E-state index in [1.807, 2.05) is 0 Å². The fraction of sp³-hybridized carbons (Fsp3) is 0.800. The molecular formula is C10H18N2O6S. The van der Waals surface area contributed by atoms with Gasteiger partial charge in [0.1, 0.15) is 6.04 Å². The summed E-state index contributed by atoms with van der Waals surface area (Å²) in [4.78, 5) is 22.4. The van der Waals surface area contributed by atoms with E-state index in [1.165, 1.54) is 4.31 Å². The second-order valence-electron chi connectivity index (χ2n) is 4.52. The lowest BCUT2D eigenvalue weighted by atomic mass is 9.97. The minimum Gasteiger partial charge on any atom is -0.480 e. The lowest BCUT2D eigenvalue weighted by molar-refractivity contribution is -0.143. The molecule has 0 aromatic heterocycles. The highest BCUT2D eigenvalue weighted by Gasteiger charge is 2.30. The molecule has 0 aromatic rings. The fourth-order valence-electron chi connectivity index (χ4n) is 1.92. The minimum absolute atomic E-state index is 0.244. The molecule has 1 unspecified atom stereocenters. The number of sulfonamides is 1. The largest absolute Gasteiger partial charge is 0.480 e. The van der Waals surface area contributed by atoms with Crippen molar-refractivity contribution in [1.29, 1.82) is 0 Å². The summed E-state index contributed by atoms with van der Waals surface area (Å²) in [6, 6.07) is -1.32. The predicted molar refractivity (Wildman–Crippen MR) is 65.8 cm³/mol. The van der Waals surface area contributed by atoms with Gasteiger partial charge in [-0.25, -0.2) is 17.5 Å². The van der Waals surface area contributed by atoms with Crippen LogP contribution in [0.5, 0.6) is 0 Å². The van der Waals surface area contributed by atoms with Gasteiger partial charge in [-0.2, -0.15) is 0 Å². The number of carbonyl (C=O) groups is 2. The first-order valence-corrected chi connectivity index (χ1v) is 7.69. The van der Waals surface area contributed by atoms with Gasteiger partial charge >= 0.3 is 5.97 Å². The van der Waals surface area contributed by atoms with E-state index in [1.54, 1.807) is 0 Å². The van der Waals surface area contributed by atoms with Gasteiger partial charge in [0.05, 0.1) is 12.9 Å². The fourth-order valence-corrected chi connectivity index (χ4v) is 2.80. The summed E-state index contributed by atoms with van der Waals surface area (Å²) in [6.45, 7) is -0.190. The van der Waals surface area contributed by atoms with E-state index >= 15 is 0 Å². The SMILES string of the molecule is CS(=O)(=O)N1CCC(C(=O)NC(CO)C(=O)O)CC1. The Kier molecular flexibility index (Phi) is 5.27. The summed E-state index contributed by atoms with van der Waals surface area (Å²) < 4.78 is 23.9. The number of nitrogens with one attached hydrogen (secondary N) is 1. The molecule has 1 atom stereocenters. The Bertz CT molecular complexity index is 441. The van der Waals surface area contributed by atoms with E-state index in [0.29, 0.717) is 12.8 Å². The van der Waals surface area contributed by atoms with Crippen molar-refractivity contribution in [1.82, 2.24) is 9.62 Å². The average Bonchev–Trinajstić information content (AvgIpc) is 2.34. The molecule has 0 spiro atoms. The monoisotopic (exact) mass is 294 g/mol. The van der Waals surface area contributed by atoms with Crippen LogP contribution in [0, 0.1) is 5.92 Å². The molecule has 1 heterocycles. The third-order valence-electron chi connectivity index (χ3n) is 3.09. The summed E-state index contributed by atoms with van der Waals surface area (Å²) in [5.41, 5.74) is 0. The third kappa shape index (κ3) is 4.44. The molecule has 19 heavy (non-hydrogen) atoms. The molecule has 1 saturated heterocycles. The van der Waals surface area contributed by atoms with E-state index in [-0.39, 0.29) is 13.1 Å². The van der Waals surface area contributed by atoms with Gasteiger partial charge in [-0.3, -0.25) is 4.79 Å². The molecule has 110 valence electrons. The molecule has 1 aliphatic rings. The first-order chi connectivity index (χ1) is 8.75. The Morgan fingerprint density at radius 1 is 1.37 bits per heavy atom. The molecule has 0 aromatic carbocycles. The number of nitrogens with zero attached hydrogens (tertiary/aromatic N) is 1. The molecule has 1 amide bonds. The van der Waals surface area contributed by atoms with E-state index in [2.05, 4.69) is 5.32 Å². The number of aliphatic carboxylic acids is 1. The van der Waals surface area contributed by atoms with Crippen molar-refractivity contribution < 1.29 is 28.2 Å². The van der Waals surface area contributed by atoms with E-state index in [4.69, 9.17) is 10.2 Å². The number of rotatable bonds is 5. The van der Waals surface area contributed by atoms with Gasteiger partial charge in [-0.15, -0.1) is 0 Å². The third-order valence-corrected chi connectivity index (χ3v) is 4.39. The lowest BCUT2D eigenvalue weighted by Crippen LogP contribution is -2.48. The second-order valence-corrected chi connectivity index (χ2v) is 6.50. The summed E-state index contributed by atoms with van der Waals surface area (Å²) in [5.74, 6) is -2.19. The average molecular weight is 294 g/mol. The van der Waals surface area contributed by atoms with Gasteiger partial charge < -0.3 is 15.5 Å². The number of carboxylic acids is 1. The molecule has 0 aliphatic carbocycles. The zero-order valence-electron chi connectivity index (χ0n) is 10.6. The Hall–Kier alpha value is -1.19. The highest BCUT2D eigenvalue weighted by Crippen LogP contribution is 2.19. The molecule has 0 bridgehead atoms.